The van der Waals surface area contributed by atoms with E-state index < -0.39 is 17.3 Å². The largest absolute Gasteiger partial charge is 0.355 e. The summed E-state index contributed by atoms with van der Waals surface area (Å²) in [6.07, 6.45) is 2.08. The molecule has 2 aromatic rings. The average Bonchev–Trinajstić information content (AvgIpc) is 3.63. The standard InChI is InChI=1S/C29H38F2N2O2/c1-6-26(34)23-13-12-22(20(2)16-23)17-24(33(4)5)19-32-27(35)18-25(21-10-8-7-9-11-21)29(14-15-29)28(3,30)31/h7-13,16,24-25H,6,14-15,17-19H2,1-5H3,(H,32,35)/t24-,25+/m0/s1. The van der Waals surface area contributed by atoms with Gasteiger partial charge in [0.05, 0.1) is 0 Å². The van der Waals surface area contributed by atoms with Crippen LogP contribution in [0.1, 0.15) is 72.5 Å². The highest BCUT2D eigenvalue weighted by atomic mass is 19.3. The van der Waals surface area contributed by atoms with Gasteiger partial charge in [-0.15, -0.1) is 0 Å². The zero-order chi connectivity index (χ0) is 25.8. The van der Waals surface area contributed by atoms with Crippen molar-refractivity contribution in [2.45, 2.75) is 70.8 Å². The first-order valence-corrected chi connectivity index (χ1v) is 12.5. The van der Waals surface area contributed by atoms with Crippen molar-refractivity contribution >= 4 is 11.7 Å². The third-order valence-electron chi connectivity index (χ3n) is 7.63. The Balaban J connectivity index is 1.68. The Kier molecular flexibility index (Phi) is 8.47. The Morgan fingerprint density at radius 1 is 1.11 bits per heavy atom. The molecule has 6 heteroatoms. The minimum absolute atomic E-state index is 0.0306. The van der Waals surface area contributed by atoms with Crippen molar-refractivity contribution in [1.82, 2.24) is 10.2 Å². The molecule has 2 atom stereocenters. The lowest BCUT2D eigenvalue weighted by Gasteiger charge is -2.32. The van der Waals surface area contributed by atoms with Crippen molar-refractivity contribution in [1.29, 1.82) is 0 Å². The number of hydrogen-bond donors (Lipinski definition) is 1. The van der Waals surface area contributed by atoms with Gasteiger partial charge in [0.1, 0.15) is 0 Å². The number of likely N-dealkylation sites (N-methyl/N-ethyl adjacent to an activating group) is 1. The molecule has 1 saturated carbocycles. The van der Waals surface area contributed by atoms with E-state index >= 15 is 0 Å². The summed E-state index contributed by atoms with van der Waals surface area (Å²) in [7, 11) is 3.93. The molecule has 3 rings (SSSR count). The summed E-state index contributed by atoms with van der Waals surface area (Å²) < 4.78 is 29.2. The van der Waals surface area contributed by atoms with E-state index in [-0.39, 0.29) is 24.2 Å². The fraction of sp³-hybridized carbons (Fsp3) is 0.517. The molecule has 2 aromatic carbocycles. The predicted molar refractivity (Wildman–Crippen MR) is 136 cm³/mol. The van der Waals surface area contributed by atoms with E-state index in [1.165, 1.54) is 0 Å². The van der Waals surface area contributed by atoms with E-state index in [1.807, 2.05) is 76.5 Å². The summed E-state index contributed by atoms with van der Waals surface area (Å²) in [4.78, 5) is 27.1. The molecule has 0 saturated heterocycles. The number of hydrogen-bond acceptors (Lipinski definition) is 3. The Hall–Kier alpha value is -2.60. The number of amides is 1. The first-order valence-electron chi connectivity index (χ1n) is 12.5. The normalized spacial score (nSPS) is 16.6. The van der Waals surface area contributed by atoms with Crippen molar-refractivity contribution in [3.63, 3.8) is 0 Å². The second-order valence-corrected chi connectivity index (χ2v) is 10.3. The summed E-state index contributed by atoms with van der Waals surface area (Å²) in [5.41, 5.74) is 2.53. The second kappa shape index (κ2) is 11.0. The fourth-order valence-corrected chi connectivity index (χ4v) is 5.03. The molecule has 1 fully saturated rings. The van der Waals surface area contributed by atoms with Crippen LogP contribution >= 0.6 is 0 Å². The number of rotatable bonds is 12. The van der Waals surface area contributed by atoms with Crippen LogP contribution in [0.2, 0.25) is 0 Å². The Morgan fingerprint density at radius 3 is 2.29 bits per heavy atom. The van der Waals surface area contributed by atoms with E-state index in [2.05, 4.69) is 10.2 Å². The van der Waals surface area contributed by atoms with Crippen LogP contribution in [0.3, 0.4) is 0 Å². The first-order chi connectivity index (χ1) is 16.5. The van der Waals surface area contributed by atoms with E-state index in [0.717, 1.165) is 29.2 Å². The highest BCUT2D eigenvalue weighted by molar-refractivity contribution is 5.96. The minimum Gasteiger partial charge on any atom is -0.355 e. The molecule has 35 heavy (non-hydrogen) atoms. The summed E-state index contributed by atoms with van der Waals surface area (Å²) in [5.74, 6) is -3.45. The number of Topliss-reactive ketones (excluding diaryl/α,β-unsaturated/α-hetero) is 1. The lowest BCUT2D eigenvalue weighted by molar-refractivity contribution is -0.123. The average molecular weight is 485 g/mol. The first kappa shape index (κ1) is 27.0. The second-order valence-electron chi connectivity index (χ2n) is 10.3. The van der Waals surface area contributed by atoms with Crippen molar-refractivity contribution in [3.8, 4) is 0 Å². The lowest BCUT2D eigenvalue weighted by Crippen LogP contribution is -2.43. The topological polar surface area (TPSA) is 49.4 Å². The molecule has 0 aromatic heterocycles. The number of nitrogens with zero attached hydrogens (tertiary/aromatic N) is 1. The maximum absolute atomic E-state index is 14.6. The smallest absolute Gasteiger partial charge is 0.251 e. The van der Waals surface area contributed by atoms with E-state index in [1.54, 1.807) is 0 Å². The molecular formula is C29H38F2N2O2. The van der Waals surface area contributed by atoms with Crippen LogP contribution in [0.5, 0.6) is 0 Å². The number of nitrogens with one attached hydrogen (secondary N) is 1. The monoisotopic (exact) mass is 484 g/mol. The highest BCUT2D eigenvalue weighted by Gasteiger charge is 2.63. The van der Waals surface area contributed by atoms with Crippen molar-refractivity contribution in [3.05, 3.63) is 70.8 Å². The molecule has 0 bridgehead atoms. The van der Waals surface area contributed by atoms with Gasteiger partial charge in [0, 0.05) is 42.3 Å². The van der Waals surface area contributed by atoms with Crippen LogP contribution < -0.4 is 5.32 Å². The lowest BCUT2D eigenvalue weighted by atomic mass is 9.77. The molecule has 1 aliphatic rings. The number of aryl methyl sites for hydroxylation is 1. The van der Waals surface area contributed by atoms with Gasteiger partial charge in [-0.2, -0.15) is 0 Å². The molecule has 4 nitrogen and oxygen atoms in total. The fourth-order valence-electron chi connectivity index (χ4n) is 5.03. The molecule has 1 aliphatic carbocycles. The SMILES string of the molecule is CCC(=O)c1ccc(C[C@@H](CNC(=O)C[C@H](c2ccccc2)C2(C(C)(F)F)CC2)N(C)C)c(C)c1. The van der Waals surface area contributed by atoms with Crippen LogP contribution in [-0.2, 0) is 11.2 Å². The molecule has 1 N–H and O–H groups in total. The molecule has 0 heterocycles. The van der Waals surface area contributed by atoms with Gasteiger partial charge in [-0.25, -0.2) is 8.78 Å². The van der Waals surface area contributed by atoms with Gasteiger partial charge in [-0.05, 0) is 70.0 Å². The van der Waals surface area contributed by atoms with Gasteiger partial charge in [-0.3, -0.25) is 9.59 Å². The quantitative estimate of drug-likeness (QED) is 0.388. The molecule has 1 amide bonds. The number of ketones is 1. The number of carbonyl (C=O) groups is 2. The summed E-state index contributed by atoms with van der Waals surface area (Å²) >= 11 is 0. The molecular weight excluding hydrogens is 446 g/mol. The number of halogens is 2. The summed E-state index contributed by atoms with van der Waals surface area (Å²) in [6.45, 7) is 5.25. The summed E-state index contributed by atoms with van der Waals surface area (Å²) in [5, 5.41) is 3.01. The molecule has 0 unspecified atom stereocenters. The van der Waals surface area contributed by atoms with E-state index in [4.69, 9.17) is 0 Å². The Labute approximate surface area is 208 Å². The van der Waals surface area contributed by atoms with Gasteiger partial charge < -0.3 is 10.2 Å². The van der Waals surface area contributed by atoms with Gasteiger partial charge in [0.2, 0.25) is 5.91 Å². The van der Waals surface area contributed by atoms with Gasteiger partial charge >= 0.3 is 0 Å². The number of benzene rings is 2. The Bertz CT molecular complexity index is 1030. The van der Waals surface area contributed by atoms with Crippen LogP contribution in [0, 0.1) is 12.3 Å². The van der Waals surface area contributed by atoms with Crippen LogP contribution in [0.4, 0.5) is 8.78 Å². The van der Waals surface area contributed by atoms with Crippen molar-refractivity contribution < 1.29 is 18.4 Å². The number of carbonyl (C=O) groups excluding carboxylic acids is 2. The van der Waals surface area contributed by atoms with Gasteiger partial charge in [0.25, 0.3) is 5.92 Å². The van der Waals surface area contributed by atoms with Crippen LogP contribution in [-0.4, -0.2) is 49.2 Å². The van der Waals surface area contributed by atoms with Crippen molar-refractivity contribution in [2.24, 2.45) is 5.41 Å². The predicted octanol–water partition coefficient (Wildman–Crippen LogP) is 5.79. The highest BCUT2D eigenvalue weighted by Crippen LogP contribution is 2.65. The van der Waals surface area contributed by atoms with Crippen LogP contribution in [0.15, 0.2) is 48.5 Å². The maximum Gasteiger partial charge on any atom is 0.251 e. The third-order valence-corrected chi connectivity index (χ3v) is 7.63. The molecule has 0 radical (unpaired) electrons. The minimum atomic E-state index is -2.84. The Morgan fingerprint density at radius 2 is 1.77 bits per heavy atom. The molecule has 0 spiro atoms. The number of alkyl halides is 2. The molecule has 190 valence electrons. The van der Waals surface area contributed by atoms with E-state index in [0.29, 0.717) is 32.2 Å². The zero-order valence-corrected chi connectivity index (χ0v) is 21.5. The molecule has 0 aliphatic heterocycles. The van der Waals surface area contributed by atoms with Gasteiger partial charge in [0.15, 0.2) is 5.78 Å². The third kappa shape index (κ3) is 6.35. The summed E-state index contributed by atoms with van der Waals surface area (Å²) in [6, 6.07) is 15.1. The van der Waals surface area contributed by atoms with Crippen LogP contribution in [0.25, 0.3) is 0 Å². The maximum atomic E-state index is 14.6. The zero-order valence-electron chi connectivity index (χ0n) is 21.5. The van der Waals surface area contributed by atoms with E-state index in [9.17, 15) is 18.4 Å². The van der Waals surface area contributed by atoms with Gasteiger partial charge in [-0.1, -0.05) is 49.4 Å². The van der Waals surface area contributed by atoms with Crippen molar-refractivity contribution in [2.75, 3.05) is 20.6 Å².